The van der Waals surface area contributed by atoms with Crippen molar-refractivity contribution in [3.8, 4) is 0 Å². The molecule has 0 fully saturated rings. The Labute approximate surface area is 88.9 Å². The van der Waals surface area contributed by atoms with Crippen LogP contribution < -0.4 is 0 Å². The zero-order valence-electron chi connectivity index (χ0n) is 8.99. The summed E-state index contributed by atoms with van der Waals surface area (Å²) in [6.45, 7) is 3.58. The first-order valence-electron chi connectivity index (χ1n) is 4.83. The lowest BCUT2D eigenvalue weighted by Gasteiger charge is -2.03. The van der Waals surface area contributed by atoms with Crippen LogP contribution in [0, 0.1) is 0 Å². The molecular weight excluding hydrogens is 196 g/mol. The monoisotopic (exact) mass is 212 g/mol. The van der Waals surface area contributed by atoms with Crippen LogP contribution >= 0.6 is 0 Å². The van der Waals surface area contributed by atoms with Crippen LogP contribution in [0.1, 0.15) is 33.1 Å². The van der Waals surface area contributed by atoms with Gasteiger partial charge in [0.05, 0.1) is 0 Å². The highest BCUT2D eigenvalue weighted by Gasteiger charge is 2.09. The molecule has 0 saturated heterocycles. The van der Waals surface area contributed by atoms with E-state index in [1.807, 2.05) is 6.92 Å². The van der Waals surface area contributed by atoms with Gasteiger partial charge in [-0.05, 0) is 25.3 Å². The lowest BCUT2D eigenvalue weighted by Crippen LogP contribution is -2.03. The van der Waals surface area contributed by atoms with E-state index in [1.54, 1.807) is 6.92 Å². The fourth-order valence-electron chi connectivity index (χ4n) is 1.12. The lowest BCUT2D eigenvalue weighted by molar-refractivity contribution is -0.133. The minimum Gasteiger partial charge on any atom is -0.478 e. The van der Waals surface area contributed by atoms with Gasteiger partial charge in [0.15, 0.2) is 0 Å². The van der Waals surface area contributed by atoms with Crippen molar-refractivity contribution in [1.82, 2.24) is 0 Å². The summed E-state index contributed by atoms with van der Waals surface area (Å²) in [5, 5.41) is 17.3. The summed E-state index contributed by atoms with van der Waals surface area (Å²) in [5.74, 6) is -2.05. The maximum atomic E-state index is 10.9. The zero-order chi connectivity index (χ0) is 11.8. The van der Waals surface area contributed by atoms with Gasteiger partial charge in [0, 0.05) is 11.6 Å². The van der Waals surface area contributed by atoms with Crippen LogP contribution in [0.2, 0.25) is 0 Å². The molecule has 15 heavy (non-hydrogen) atoms. The third kappa shape index (κ3) is 5.67. The number of hydrogen-bond acceptors (Lipinski definition) is 2. The van der Waals surface area contributed by atoms with Crippen molar-refractivity contribution in [2.75, 3.05) is 0 Å². The number of unbranched alkanes of at least 4 members (excludes halogenated alkanes) is 1. The number of rotatable bonds is 6. The molecule has 0 atom stereocenters. The lowest BCUT2D eigenvalue weighted by atomic mass is 10.0. The van der Waals surface area contributed by atoms with Crippen molar-refractivity contribution in [3.05, 3.63) is 23.3 Å². The first-order chi connectivity index (χ1) is 6.99. The second-order valence-corrected chi connectivity index (χ2v) is 3.24. The van der Waals surface area contributed by atoms with E-state index in [2.05, 4.69) is 0 Å². The van der Waals surface area contributed by atoms with Gasteiger partial charge in [0.2, 0.25) is 0 Å². The quantitative estimate of drug-likeness (QED) is 0.523. The molecule has 0 unspecified atom stereocenters. The van der Waals surface area contributed by atoms with Crippen LogP contribution in [0.25, 0.3) is 0 Å². The second kappa shape index (κ2) is 6.81. The number of carboxylic acids is 2. The Kier molecular flexibility index (Phi) is 6.09. The van der Waals surface area contributed by atoms with E-state index < -0.39 is 11.9 Å². The average Bonchev–Trinajstić information content (AvgIpc) is 2.14. The standard InChI is InChI=1S/C11H16O4/c1-3-4-5-9(11(14)15)8(2)6-7-10(12)13/h6-7H,3-5H2,1-2H3,(H,12,13)(H,14,15). The Bertz CT molecular complexity index is 300. The number of aliphatic carboxylic acids is 2. The van der Waals surface area contributed by atoms with E-state index in [1.165, 1.54) is 6.08 Å². The van der Waals surface area contributed by atoms with E-state index in [-0.39, 0.29) is 5.57 Å². The molecule has 0 aliphatic rings. The molecule has 0 radical (unpaired) electrons. The molecule has 4 nitrogen and oxygen atoms in total. The molecule has 0 aromatic heterocycles. The minimum atomic E-state index is -1.07. The predicted molar refractivity (Wildman–Crippen MR) is 56.6 cm³/mol. The summed E-state index contributed by atoms with van der Waals surface area (Å²) >= 11 is 0. The normalized spacial score (nSPS) is 12.7. The molecule has 0 aliphatic heterocycles. The molecule has 0 aromatic carbocycles. The summed E-state index contributed by atoms with van der Waals surface area (Å²) in [6.07, 6.45) is 4.44. The van der Waals surface area contributed by atoms with Crippen LogP contribution in [-0.4, -0.2) is 22.2 Å². The maximum Gasteiger partial charge on any atom is 0.331 e. The smallest absolute Gasteiger partial charge is 0.331 e. The Morgan fingerprint density at radius 2 is 1.80 bits per heavy atom. The minimum absolute atomic E-state index is 0.286. The van der Waals surface area contributed by atoms with Gasteiger partial charge < -0.3 is 10.2 Å². The van der Waals surface area contributed by atoms with E-state index in [4.69, 9.17) is 10.2 Å². The molecule has 0 aromatic rings. The van der Waals surface area contributed by atoms with E-state index in [0.29, 0.717) is 12.0 Å². The molecule has 0 spiro atoms. The molecule has 0 heterocycles. The van der Waals surface area contributed by atoms with Gasteiger partial charge in [0.25, 0.3) is 0 Å². The third-order valence-corrected chi connectivity index (χ3v) is 1.99. The molecule has 2 N–H and O–H groups in total. The molecule has 84 valence electrons. The Balaban J connectivity index is 4.75. The van der Waals surface area contributed by atoms with Gasteiger partial charge in [-0.1, -0.05) is 19.4 Å². The van der Waals surface area contributed by atoms with Gasteiger partial charge in [-0.25, -0.2) is 9.59 Å². The van der Waals surface area contributed by atoms with Gasteiger partial charge in [-0.2, -0.15) is 0 Å². The number of carboxylic acid groups (broad SMARTS) is 2. The fourth-order valence-corrected chi connectivity index (χ4v) is 1.12. The van der Waals surface area contributed by atoms with Crippen molar-refractivity contribution in [2.24, 2.45) is 0 Å². The largest absolute Gasteiger partial charge is 0.478 e. The van der Waals surface area contributed by atoms with Gasteiger partial charge in [-0.3, -0.25) is 0 Å². The molecule has 0 saturated carbocycles. The van der Waals surface area contributed by atoms with E-state index in [9.17, 15) is 9.59 Å². The predicted octanol–water partition coefficient (Wildman–Crippen LogP) is 2.22. The SMILES string of the molecule is CCCCC(C(=O)O)=C(C)C=CC(=O)O. The van der Waals surface area contributed by atoms with Crippen molar-refractivity contribution < 1.29 is 19.8 Å². The van der Waals surface area contributed by atoms with Crippen LogP contribution in [0.5, 0.6) is 0 Å². The van der Waals surface area contributed by atoms with Gasteiger partial charge in [-0.15, -0.1) is 0 Å². The molecule has 0 rings (SSSR count). The summed E-state index contributed by atoms with van der Waals surface area (Å²) in [6, 6.07) is 0. The van der Waals surface area contributed by atoms with Crippen molar-refractivity contribution in [3.63, 3.8) is 0 Å². The maximum absolute atomic E-state index is 10.9. The Morgan fingerprint density at radius 3 is 2.20 bits per heavy atom. The Morgan fingerprint density at radius 1 is 1.20 bits per heavy atom. The third-order valence-electron chi connectivity index (χ3n) is 1.99. The van der Waals surface area contributed by atoms with Crippen molar-refractivity contribution >= 4 is 11.9 Å². The molecule has 4 heteroatoms. The first-order valence-corrected chi connectivity index (χ1v) is 4.83. The molecule has 0 amide bonds. The fraction of sp³-hybridized carbons (Fsp3) is 0.455. The Hall–Kier alpha value is -1.58. The summed E-state index contributed by atoms with van der Waals surface area (Å²) in [7, 11) is 0. The average molecular weight is 212 g/mol. The number of carbonyl (C=O) groups is 2. The molecular formula is C11H16O4. The summed E-state index contributed by atoms with van der Waals surface area (Å²) in [4.78, 5) is 21.1. The van der Waals surface area contributed by atoms with Crippen molar-refractivity contribution in [2.45, 2.75) is 33.1 Å². The van der Waals surface area contributed by atoms with Crippen LogP contribution in [0.3, 0.4) is 0 Å². The summed E-state index contributed by atoms with van der Waals surface area (Å²) in [5.41, 5.74) is 0.785. The summed E-state index contributed by atoms with van der Waals surface area (Å²) < 4.78 is 0. The molecule has 0 bridgehead atoms. The highest BCUT2D eigenvalue weighted by molar-refractivity contribution is 5.88. The van der Waals surface area contributed by atoms with Crippen LogP contribution in [-0.2, 0) is 9.59 Å². The van der Waals surface area contributed by atoms with Gasteiger partial charge in [0.1, 0.15) is 0 Å². The molecule has 0 aliphatic carbocycles. The van der Waals surface area contributed by atoms with Crippen molar-refractivity contribution in [1.29, 1.82) is 0 Å². The number of hydrogen-bond donors (Lipinski definition) is 2. The topological polar surface area (TPSA) is 74.6 Å². The van der Waals surface area contributed by atoms with Crippen LogP contribution in [0.4, 0.5) is 0 Å². The van der Waals surface area contributed by atoms with E-state index >= 15 is 0 Å². The highest BCUT2D eigenvalue weighted by atomic mass is 16.4. The van der Waals surface area contributed by atoms with Crippen LogP contribution in [0.15, 0.2) is 23.3 Å². The number of allylic oxidation sites excluding steroid dienone is 2. The van der Waals surface area contributed by atoms with E-state index in [0.717, 1.165) is 18.9 Å². The zero-order valence-corrected chi connectivity index (χ0v) is 8.99. The second-order valence-electron chi connectivity index (χ2n) is 3.24. The highest BCUT2D eigenvalue weighted by Crippen LogP contribution is 2.13. The first kappa shape index (κ1) is 13.4. The van der Waals surface area contributed by atoms with Gasteiger partial charge >= 0.3 is 11.9 Å².